The summed E-state index contributed by atoms with van der Waals surface area (Å²) in [6.45, 7) is 5.77. The number of para-hydroxylation sites is 1. The molecular weight excluding hydrogens is 370 g/mol. The lowest BCUT2D eigenvalue weighted by atomic mass is 9.91. The lowest BCUT2D eigenvalue weighted by Gasteiger charge is -2.50. The molecule has 1 saturated heterocycles. The van der Waals surface area contributed by atoms with Crippen molar-refractivity contribution in [2.75, 3.05) is 26.7 Å². The number of piperidine rings is 1. The summed E-state index contributed by atoms with van der Waals surface area (Å²) in [6.07, 6.45) is 4.15. The molecule has 148 valence electrons. The van der Waals surface area contributed by atoms with Gasteiger partial charge in [-0.1, -0.05) is 25.1 Å². The number of ether oxygens (including phenoxy) is 2. The Bertz CT molecular complexity index is 872. The average molecular weight is 399 g/mol. The monoisotopic (exact) mass is 398 g/mol. The second-order valence-corrected chi connectivity index (χ2v) is 8.96. The molecule has 1 spiro atoms. The van der Waals surface area contributed by atoms with E-state index in [0.29, 0.717) is 0 Å². The first-order valence-corrected chi connectivity index (χ1v) is 11.2. The van der Waals surface area contributed by atoms with Crippen molar-refractivity contribution >= 4 is 17.0 Å². The third kappa shape index (κ3) is 2.81. The molecule has 1 N–H and O–H groups in total. The number of nitrogens with one attached hydrogen (secondary N) is 1. The number of rotatable bonds is 4. The van der Waals surface area contributed by atoms with E-state index in [0.717, 1.165) is 43.9 Å². The van der Waals surface area contributed by atoms with Crippen LogP contribution in [0.25, 0.3) is 0 Å². The van der Waals surface area contributed by atoms with Gasteiger partial charge in [0.05, 0.1) is 56.2 Å². The van der Waals surface area contributed by atoms with E-state index in [1.807, 2.05) is 6.07 Å². The molecule has 1 aromatic heterocycles. The fraction of sp³-hybridized carbons (Fsp3) is 0.500. The van der Waals surface area contributed by atoms with Crippen LogP contribution in [0.15, 0.2) is 40.8 Å². The largest absolute Gasteiger partial charge is 0.493 e. The predicted molar refractivity (Wildman–Crippen MR) is 111 cm³/mol. The van der Waals surface area contributed by atoms with Gasteiger partial charge in [0.2, 0.25) is 5.72 Å². The summed E-state index contributed by atoms with van der Waals surface area (Å²) < 4.78 is 12.4. The molecule has 5 rings (SSSR count). The zero-order valence-corrected chi connectivity index (χ0v) is 17.4. The molecular formula is C22H28N3O2S+. The lowest BCUT2D eigenvalue weighted by molar-refractivity contribution is -0.908. The van der Waals surface area contributed by atoms with Crippen molar-refractivity contribution in [3.05, 3.63) is 46.2 Å². The second kappa shape index (κ2) is 7.08. The van der Waals surface area contributed by atoms with Crippen molar-refractivity contribution in [2.45, 2.75) is 44.4 Å². The van der Waals surface area contributed by atoms with Crippen LogP contribution in [0.4, 0.5) is 0 Å². The SMILES string of the molecule is CCC[NH+]1CCC2(CC1)Oc1c(OC)cccc1[C@@H]1CC(c3cccs3)=NN12. The van der Waals surface area contributed by atoms with E-state index in [-0.39, 0.29) is 11.8 Å². The molecule has 0 unspecified atom stereocenters. The molecule has 0 amide bonds. The minimum atomic E-state index is -0.359. The van der Waals surface area contributed by atoms with Crippen LogP contribution in [0.3, 0.4) is 0 Å². The van der Waals surface area contributed by atoms with Gasteiger partial charge in [0, 0.05) is 12.0 Å². The van der Waals surface area contributed by atoms with Gasteiger partial charge < -0.3 is 14.4 Å². The van der Waals surface area contributed by atoms with Crippen LogP contribution in [0.2, 0.25) is 0 Å². The Kier molecular flexibility index (Phi) is 4.56. The van der Waals surface area contributed by atoms with E-state index >= 15 is 0 Å². The number of nitrogens with zero attached hydrogens (tertiary/aromatic N) is 2. The Balaban J connectivity index is 1.55. The number of methoxy groups -OCH3 is 1. The molecule has 3 aliphatic rings. The quantitative estimate of drug-likeness (QED) is 0.860. The van der Waals surface area contributed by atoms with E-state index in [4.69, 9.17) is 14.6 Å². The molecule has 3 aliphatic heterocycles. The highest BCUT2D eigenvalue weighted by Gasteiger charge is 2.53. The first-order valence-electron chi connectivity index (χ1n) is 10.3. The van der Waals surface area contributed by atoms with Crippen LogP contribution in [0, 0.1) is 0 Å². The molecule has 0 saturated carbocycles. The minimum Gasteiger partial charge on any atom is -0.493 e. The number of quaternary nitrogens is 1. The van der Waals surface area contributed by atoms with Crippen LogP contribution in [0.1, 0.15) is 49.1 Å². The van der Waals surface area contributed by atoms with Crippen molar-refractivity contribution in [1.82, 2.24) is 5.01 Å². The van der Waals surface area contributed by atoms with Gasteiger partial charge in [0.15, 0.2) is 11.5 Å². The summed E-state index contributed by atoms with van der Waals surface area (Å²) in [7, 11) is 1.73. The van der Waals surface area contributed by atoms with Gasteiger partial charge >= 0.3 is 0 Å². The Morgan fingerprint density at radius 3 is 2.86 bits per heavy atom. The minimum absolute atomic E-state index is 0.226. The standard InChI is InChI=1S/C22H27N3O2S/c1-3-11-24-12-9-22(10-13-24)25-18(15-17(23-25)20-8-5-14-28-20)16-6-4-7-19(26-2)21(16)27-22/h4-8,14,18H,3,9-13,15H2,1-2H3/p+1/t18-/m0/s1. The fourth-order valence-electron chi connectivity index (χ4n) is 4.95. The Hall–Kier alpha value is -2.05. The molecule has 4 heterocycles. The third-order valence-corrected chi connectivity index (χ3v) is 7.27. The van der Waals surface area contributed by atoms with Crippen molar-refractivity contribution in [1.29, 1.82) is 0 Å². The maximum atomic E-state index is 6.77. The number of likely N-dealkylation sites (tertiary alicyclic amines) is 1. The molecule has 5 nitrogen and oxygen atoms in total. The van der Waals surface area contributed by atoms with Crippen LogP contribution >= 0.6 is 11.3 Å². The smallest absolute Gasteiger partial charge is 0.209 e. The summed E-state index contributed by atoms with van der Waals surface area (Å²) in [6, 6.07) is 10.8. The van der Waals surface area contributed by atoms with Crippen molar-refractivity contribution in [2.24, 2.45) is 5.10 Å². The molecule has 2 aromatic rings. The molecule has 0 aliphatic carbocycles. The molecule has 28 heavy (non-hydrogen) atoms. The van der Waals surface area contributed by atoms with Crippen LogP contribution in [-0.4, -0.2) is 43.2 Å². The predicted octanol–water partition coefficient (Wildman–Crippen LogP) is 3.09. The van der Waals surface area contributed by atoms with Gasteiger partial charge in [0.1, 0.15) is 0 Å². The van der Waals surface area contributed by atoms with Crippen LogP contribution < -0.4 is 14.4 Å². The van der Waals surface area contributed by atoms with E-state index in [9.17, 15) is 0 Å². The number of hydrazone groups is 1. The van der Waals surface area contributed by atoms with Gasteiger partial charge in [-0.25, -0.2) is 5.01 Å². The van der Waals surface area contributed by atoms with Gasteiger partial charge in [-0.3, -0.25) is 0 Å². The van der Waals surface area contributed by atoms with E-state index in [1.165, 1.54) is 29.1 Å². The van der Waals surface area contributed by atoms with Crippen LogP contribution in [-0.2, 0) is 0 Å². The van der Waals surface area contributed by atoms with Gasteiger partial charge in [0.25, 0.3) is 0 Å². The first kappa shape index (κ1) is 18.0. The molecule has 1 aromatic carbocycles. The summed E-state index contributed by atoms with van der Waals surface area (Å²) in [5.41, 5.74) is 2.02. The maximum Gasteiger partial charge on any atom is 0.209 e. The number of benzene rings is 1. The summed E-state index contributed by atoms with van der Waals surface area (Å²) in [4.78, 5) is 2.95. The van der Waals surface area contributed by atoms with E-state index in [2.05, 4.69) is 41.6 Å². The highest BCUT2D eigenvalue weighted by atomic mass is 32.1. The molecule has 0 bridgehead atoms. The third-order valence-electron chi connectivity index (χ3n) is 6.36. The zero-order valence-electron chi connectivity index (χ0n) is 16.6. The van der Waals surface area contributed by atoms with Gasteiger partial charge in [-0.2, -0.15) is 5.10 Å². The van der Waals surface area contributed by atoms with Gasteiger partial charge in [-0.05, 0) is 23.9 Å². The molecule has 1 atom stereocenters. The molecule has 6 heteroatoms. The van der Waals surface area contributed by atoms with Gasteiger partial charge in [-0.15, -0.1) is 11.3 Å². The topological polar surface area (TPSA) is 38.5 Å². The Morgan fingerprint density at radius 2 is 2.14 bits per heavy atom. The summed E-state index contributed by atoms with van der Waals surface area (Å²) in [5, 5.41) is 9.57. The number of thiophene rings is 1. The lowest BCUT2D eigenvalue weighted by Crippen LogP contribution is -3.14. The van der Waals surface area contributed by atoms with Crippen LogP contribution in [0.5, 0.6) is 11.5 Å². The van der Waals surface area contributed by atoms with Crippen molar-refractivity contribution in [3.63, 3.8) is 0 Å². The molecule has 0 radical (unpaired) electrons. The summed E-state index contributed by atoms with van der Waals surface area (Å²) >= 11 is 1.77. The second-order valence-electron chi connectivity index (χ2n) is 8.02. The Labute approximate surface area is 170 Å². The highest BCUT2D eigenvalue weighted by molar-refractivity contribution is 7.12. The number of hydrogen-bond donors (Lipinski definition) is 1. The van der Waals surface area contributed by atoms with E-state index in [1.54, 1.807) is 23.3 Å². The number of hydrogen-bond acceptors (Lipinski definition) is 5. The van der Waals surface area contributed by atoms with Crippen molar-refractivity contribution in [3.8, 4) is 11.5 Å². The average Bonchev–Trinajstić information content (AvgIpc) is 3.40. The van der Waals surface area contributed by atoms with Crippen molar-refractivity contribution < 1.29 is 14.4 Å². The normalized spacial score (nSPS) is 28.5. The summed E-state index contributed by atoms with van der Waals surface area (Å²) in [5.74, 6) is 1.76. The first-order chi connectivity index (χ1) is 13.7. The number of fused-ring (bicyclic) bond motifs is 4. The molecule has 1 fully saturated rings. The fourth-order valence-corrected chi connectivity index (χ4v) is 5.67. The Morgan fingerprint density at radius 1 is 1.29 bits per heavy atom. The zero-order chi connectivity index (χ0) is 19.1. The highest BCUT2D eigenvalue weighted by Crippen LogP contribution is 2.52. The maximum absolute atomic E-state index is 6.77. The van der Waals surface area contributed by atoms with E-state index < -0.39 is 0 Å².